The van der Waals surface area contributed by atoms with Crippen molar-refractivity contribution in [3.05, 3.63) is 59.7 Å². The second kappa shape index (κ2) is 4.45. The van der Waals surface area contributed by atoms with Crippen molar-refractivity contribution >= 4 is 11.4 Å². The third kappa shape index (κ3) is 2.38. The maximum atomic E-state index is 13.3. The summed E-state index contributed by atoms with van der Waals surface area (Å²) in [6.07, 6.45) is 0. The SMILES string of the molecule is Fc1cccc(Nc2ccc(F)c(F)c2F)c1. The Morgan fingerprint density at radius 2 is 1.59 bits per heavy atom. The summed E-state index contributed by atoms with van der Waals surface area (Å²) in [6.45, 7) is 0. The molecule has 88 valence electrons. The van der Waals surface area contributed by atoms with Crippen molar-refractivity contribution in [2.45, 2.75) is 0 Å². The van der Waals surface area contributed by atoms with Crippen molar-refractivity contribution in [1.82, 2.24) is 0 Å². The molecule has 0 fully saturated rings. The molecule has 0 spiro atoms. The molecular weight excluding hydrogens is 234 g/mol. The molecule has 1 nitrogen and oxygen atoms in total. The van der Waals surface area contributed by atoms with Gasteiger partial charge in [-0.2, -0.15) is 0 Å². The average Bonchev–Trinajstić information content (AvgIpc) is 2.30. The number of hydrogen-bond donors (Lipinski definition) is 1. The minimum absolute atomic E-state index is 0.245. The summed E-state index contributed by atoms with van der Waals surface area (Å²) in [4.78, 5) is 0. The molecule has 2 aromatic rings. The second-order valence-electron chi connectivity index (χ2n) is 3.36. The lowest BCUT2D eigenvalue weighted by Crippen LogP contribution is -1.98. The van der Waals surface area contributed by atoms with E-state index in [0.29, 0.717) is 0 Å². The zero-order valence-electron chi connectivity index (χ0n) is 8.48. The van der Waals surface area contributed by atoms with E-state index in [1.54, 1.807) is 0 Å². The molecule has 0 heterocycles. The fourth-order valence-corrected chi connectivity index (χ4v) is 1.34. The molecule has 2 rings (SSSR count). The van der Waals surface area contributed by atoms with E-state index in [-0.39, 0.29) is 11.4 Å². The smallest absolute Gasteiger partial charge is 0.196 e. The van der Waals surface area contributed by atoms with Gasteiger partial charge in [0, 0.05) is 5.69 Å². The van der Waals surface area contributed by atoms with Gasteiger partial charge in [0.25, 0.3) is 0 Å². The van der Waals surface area contributed by atoms with Gasteiger partial charge in [-0.15, -0.1) is 0 Å². The molecule has 0 unspecified atom stereocenters. The molecule has 5 heteroatoms. The first-order chi connectivity index (χ1) is 8.08. The van der Waals surface area contributed by atoms with Crippen molar-refractivity contribution < 1.29 is 17.6 Å². The molecule has 0 aliphatic carbocycles. The van der Waals surface area contributed by atoms with E-state index in [1.807, 2.05) is 0 Å². The summed E-state index contributed by atoms with van der Waals surface area (Å²) in [7, 11) is 0. The quantitative estimate of drug-likeness (QED) is 0.619. The largest absolute Gasteiger partial charge is 0.353 e. The zero-order chi connectivity index (χ0) is 12.4. The van der Waals surface area contributed by atoms with Crippen molar-refractivity contribution in [2.24, 2.45) is 0 Å². The maximum absolute atomic E-state index is 13.3. The summed E-state index contributed by atoms with van der Waals surface area (Å²) in [6, 6.07) is 7.05. The van der Waals surface area contributed by atoms with Gasteiger partial charge in [0.15, 0.2) is 17.5 Å². The highest BCUT2D eigenvalue weighted by atomic mass is 19.2. The molecule has 17 heavy (non-hydrogen) atoms. The lowest BCUT2D eigenvalue weighted by Gasteiger charge is -2.08. The van der Waals surface area contributed by atoms with Crippen molar-refractivity contribution in [3.63, 3.8) is 0 Å². The lowest BCUT2D eigenvalue weighted by atomic mass is 10.2. The summed E-state index contributed by atoms with van der Waals surface area (Å²) in [5.74, 6) is -4.69. The Bertz CT molecular complexity index is 554. The van der Waals surface area contributed by atoms with Gasteiger partial charge in [0.05, 0.1) is 5.69 Å². The highest BCUT2D eigenvalue weighted by Crippen LogP contribution is 2.23. The van der Waals surface area contributed by atoms with Crippen molar-refractivity contribution in [2.75, 3.05) is 5.32 Å². The Hall–Kier alpha value is -2.04. The number of rotatable bonds is 2. The van der Waals surface area contributed by atoms with E-state index < -0.39 is 23.3 Å². The third-order valence-electron chi connectivity index (χ3n) is 2.14. The highest BCUT2D eigenvalue weighted by molar-refractivity contribution is 5.60. The molecule has 1 N–H and O–H groups in total. The molecule has 0 atom stereocenters. The van der Waals surface area contributed by atoms with Crippen molar-refractivity contribution in [1.29, 1.82) is 0 Å². The molecule has 0 radical (unpaired) electrons. The Balaban J connectivity index is 2.34. The predicted molar refractivity (Wildman–Crippen MR) is 56.0 cm³/mol. The standard InChI is InChI=1S/C12H7F4N/c13-7-2-1-3-8(6-7)17-10-5-4-9(14)11(15)12(10)16/h1-6,17H. The van der Waals surface area contributed by atoms with E-state index in [2.05, 4.69) is 5.32 Å². The van der Waals surface area contributed by atoms with Crippen LogP contribution in [0.25, 0.3) is 0 Å². The average molecular weight is 241 g/mol. The van der Waals surface area contributed by atoms with Crippen LogP contribution in [-0.4, -0.2) is 0 Å². The zero-order valence-corrected chi connectivity index (χ0v) is 8.48. The van der Waals surface area contributed by atoms with Crippen LogP contribution < -0.4 is 5.32 Å². The van der Waals surface area contributed by atoms with Gasteiger partial charge in [-0.05, 0) is 30.3 Å². The van der Waals surface area contributed by atoms with Gasteiger partial charge in [-0.25, -0.2) is 17.6 Å². The molecular formula is C12H7F4N. The fraction of sp³-hybridized carbons (Fsp3) is 0. The Kier molecular flexibility index (Phi) is 2.99. The van der Waals surface area contributed by atoms with Gasteiger partial charge in [0.2, 0.25) is 0 Å². The fourth-order valence-electron chi connectivity index (χ4n) is 1.34. The Morgan fingerprint density at radius 1 is 0.824 bits per heavy atom. The van der Waals surface area contributed by atoms with Crippen LogP contribution in [0.2, 0.25) is 0 Å². The molecule has 0 amide bonds. The number of anilines is 2. The molecule has 0 saturated heterocycles. The topological polar surface area (TPSA) is 12.0 Å². The highest BCUT2D eigenvalue weighted by Gasteiger charge is 2.13. The number of hydrogen-bond acceptors (Lipinski definition) is 1. The molecule has 0 aliphatic heterocycles. The van der Waals surface area contributed by atoms with E-state index in [9.17, 15) is 17.6 Å². The van der Waals surface area contributed by atoms with Crippen LogP contribution in [0, 0.1) is 23.3 Å². The Labute approximate surface area is 94.7 Å². The van der Waals surface area contributed by atoms with E-state index in [4.69, 9.17) is 0 Å². The number of benzene rings is 2. The number of halogens is 4. The van der Waals surface area contributed by atoms with Gasteiger partial charge < -0.3 is 5.32 Å². The van der Waals surface area contributed by atoms with Gasteiger partial charge in [-0.1, -0.05) is 6.07 Å². The summed E-state index contributed by atoms with van der Waals surface area (Å²) < 4.78 is 51.7. The predicted octanol–water partition coefficient (Wildman–Crippen LogP) is 3.99. The number of nitrogens with one attached hydrogen (secondary N) is 1. The Morgan fingerprint density at radius 3 is 2.29 bits per heavy atom. The molecule has 0 bridgehead atoms. The first-order valence-corrected chi connectivity index (χ1v) is 4.74. The van der Waals surface area contributed by atoms with Crippen molar-refractivity contribution in [3.8, 4) is 0 Å². The van der Waals surface area contributed by atoms with E-state index in [1.165, 1.54) is 18.2 Å². The summed E-state index contributed by atoms with van der Waals surface area (Å²) >= 11 is 0. The van der Waals surface area contributed by atoms with Gasteiger partial charge >= 0.3 is 0 Å². The normalized spacial score (nSPS) is 10.4. The minimum atomic E-state index is -1.56. The van der Waals surface area contributed by atoms with Crippen LogP contribution in [0.1, 0.15) is 0 Å². The third-order valence-corrected chi connectivity index (χ3v) is 2.14. The van der Waals surface area contributed by atoms with Crippen LogP contribution >= 0.6 is 0 Å². The molecule has 0 aliphatic rings. The van der Waals surface area contributed by atoms with Crippen LogP contribution in [0.15, 0.2) is 36.4 Å². The van der Waals surface area contributed by atoms with Crippen LogP contribution in [0.3, 0.4) is 0 Å². The molecule has 0 aromatic heterocycles. The lowest BCUT2D eigenvalue weighted by molar-refractivity contribution is 0.449. The minimum Gasteiger partial charge on any atom is -0.353 e. The van der Waals surface area contributed by atoms with Gasteiger partial charge in [0.1, 0.15) is 5.82 Å². The van der Waals surface area contributed by atoms with Crippen LogP contribution in [0.4, 0.5) is 28.9 Å². The molecule has 2 aromatic carbocycles. The van der Waals surface area contributed by atoms with E-state index in [0.717, 1.165) is 18.2 Å². The first-order valence-electron chi connectivity index (χ1n) is 4.74. The second-order valence-corrected chi connectivity index (χ2v) is 3.36. The van der Waals surface area contributed by atoms with E-state index >= 15 is 0 Å². The van der Waals surface area contributed by atoms with Crippen LogP contribution in [-0.2, 0) is 0 Å². The van der Waals surface area contributed by atoms with Crippen LogP contribution in [0.5, 0.6) is 0 Å². The van der Waals surface area contributed by atoms with Gasteiger partial charge in [-0.3, -0.25) is 0 Å². The maximum Gasteiger partial charge on any atom is 0.196 e. The molecule has 0 saturated carbocycles. The summed E-state index contributed by atoms with van der Waals surface area (Å²) in [5, 5.41) is 2.46. The summed E-state index contributed by atoms with van der Waals surface area (Å²) in [5.41, 5.74) is -0.00981. The monoisotopic (exact) mass is 241 g/mol. The first kappa shape index (κ1) is 11.4.